The Labute approximate surface area is 125 Å². The van der Waals surface area contributed by atoms with Crippen LogP contribution in [0.3, 0.4) is 0 Å². The Morgan fingerprint density at radius 3 is 1.85 bits per heavy atom. The van der Waals surface area contributed by atoms with Crippen LogP contribution in [0.2, 0.25) is 0 Å². The standard InChI is InChI=1S/C13H17BrO6/c1-6-5-10(14)12(19-8(3)16)13(20-9(4)17)11(6)18-7(2)15/h5,10-13H,1-4H3/t10-,11-,12-,13-/m1/s1. The van der Waals surface area contributed by atoms with E-state index in [1.54, 1.807) is 13.0 Å². The fourth-order valence-corrected chi connectivity index (χ4v) is 2.86. The molecule has 0 saturated heterocycles. The molecule has 20 heavy (non-hydrogen) atoms. The van der Waals surface area contributed by atoms with Crippen LogP contribution < -0.4 is 0 Å². The van der Waals surface area contributed by atoms with Crippen molar-refractivity contribution < 1.29 is 28.6 Å². The molecular formula is C13H17BrO6. The molecular weight excluding hydrogens is 332 g/mol. The van der Waals surface area contributed by atoms with Gasteiger partial charge in [-0.1, -0.05) is 22.0 Å². The van der Waals surface area contributed by atoms with E-state index in [1.807, 2.05) is 0 Å². The summed E-state index contributed by atoms with van der Waals surface area (Å²) in [6.07, 6.45) is -0.644. The first-order chi connectivity index (χ1) is 9.22. The Hall–Kier alpha value is -1.37. The minimum absolute atomic E-state index is 0.331. The third-order valence-electron chi connectivity index (χ3n) is 2.70. The van der Waals surface area contributed by atoms with Crippen molar-refractivity contribution in [2.75, 3.05) is 0 Å². The zero-order valence-electron chi connectivity index (χ0n) is 11.7. The van der Waals surface area contributed by atoms with E-state index in [2.05, 4.69) is 15.9 Å². The summed E-state index contributed by atoms with van der Waals surface area (Å²) in [7, 11) is 0. The normalized spacial score (nSPS) is 29.1. The molecule has 1 aliphatic carbocycles. The molecule has 0 fully saturated rings. The Morgan fingerprint density at radius 1 is 0.950 bits per heavy atom. The molecule has 0 heterocycles. The quantitative estimate of drug-likeness (QED) is 0.333. The molecule has 0 amide bonds. The summed E-state index contributed by atoms with van der Waals surface area (Å²) >= 11 is 3.36. The Balaban J connectivity index is 3.10. The molecule has 0 N–H and O–H groups in total. The van der Waals surface area contributed by atoms with Crippen molar-refractivity contribution in [1.29, 1.82) is 0 Å². The third kappa shape index (κ3) is 4.33. The van der Waals surface area contributed by atoms with Gasteiger partial charge in [0.15, 0.2) is 18.3 Å². The Bertz CT molecular complexity index is 444. The zero-order valence-corrected chi connectivity index (χ0v) is 13.3. The SMILES string of the molecule is CC(=O)O[C@H]1[C@H](OC(C)=O)[C@H](OC(C)=O)C(C)=C[C@H]1Br. The topological polar surface area (TPSA) is 78.9 Å². The monoisotopic (exact) mass is 348 g/mol. The highest BCUT2D eigenvalue weighted by Crippen LogP contribution is 2.31. The number of ether oxygens (including phenoxy) is 3. The fraction of sp³-hybridized carbons (Fsp3) is 0.615. The predicted octanol–water partition coefficient (Wildman–Crippen LogP) is 1.50. The van der Waals surface area contributed by atoms with Crippen LogP contribution in [-0.2, 0) is 28.6 Å². The molecule has 112 valence electrons. The lowest BCUT2D eigenvalue weighted by molar-refractivity contribution is -0.180. The molecule has 0 saturated carbocycles. The van der Waals surface area contributed by atoms with Crippen LogP contribution in [0.25, 0.3) is 0 Å². The van der Waals surface area contributed by atoms with Gasteiger partial charge in [-0.25, -0.2) is 0 Å². The Kier molecular flexibility index (Phi) is 5.74. The van der Waals surface area contributed by atoms with Gasteiger partial charge in [-0.15, -0.1) is 0 Å². The van der Waals surface area contributed by atoms with Gasteiger partial charge in [0.25, 0.3) is 0 Å². The summed E-state index contributed by atoms with van der Waals surface area (Å²) in [5.41, 5.74) is 0.719. The van der Waals surface area contributed by atoms with Crippen LogP contribution in [0.1, 0.15) is 27.7 Å². The third-order valence-corrected chi connectivity index (χ3v) is 3.49. The van der Waals surface area contributed by atoms with E-state index in [1.165, 1.54) is 20.8 Å². The van der Waals surface area contributed by atoms with Crippen LogP contribution in [0, 0.1) is 0 Å². The predicted molar refractivity (Wildman–Crippen MR) is 73.1 cm³/mol. The highest BCUT2D eigenvalue weighted by molar-refractivity contribution is 9.09. The molecule has 0 aliphatic heterocycles. The van der Waals surface area contributed by atoms with Crippen molar-refractivity contribution in [3.8, 4) is 0 Å². The van der Waals surface area contributed by atoms with Crippen LogP contribution in [0.5, 0.6) is 0 Å². The molecule has 0 aromatic carbocycles. The number of carbonyl (C=O) groups is 3. The maximum absolute atomic E-state index is 11.3. The molecule has 0 radical (unpaired) electrons. The lowest BCUT2D eigenvalue weighted by Crippen LogP contribution is -2.51. The highest BCUT2D eigenvalue weighted by atomic mass is 79.9. The molecule has 4 atom stereocenters. The van der Waals surface area contributed by atoms with Crippen LogP contribution in [-0.4, -0.2) is 41.0 Å². The first-order valence-corrected chi connectivity index (χ1v) is 6.98. The maximum Gasteiger partial charge on any atom is 0.303 e. The van der Waals surface area contributed by atoms with Gasteiger partial charge in [0.1, 0.15) is 0 Å². The number of hydrogen-bond acceptors (Lipinski definition) is 6. The largest absolute Gasteiger partial charge is 0.457 e. The summed E-state index contributed by atoms with van der Waals surface area (Å²) in [5.74, 6) is -1.56. The summed E-state index contributed by atoms with van der Waals surface area (Å²) in [6.45, 7) is 5.52. The van der Waals surface area contributed by atoms with E-state index >= 15 is 0 Å². The van der Waals surface area contributed by atoms with Crippen molar-refractivity contribution in [1.82, 2.24) is 0 Å². The van der Waals surface area contributed by atoms with E-state index in [9.17, 15) is 14.4 Å². The summed E-state index contributed by atoms with van der Waals surface area (Å²) in [5, 5.41) is 0. The average molecular weight is 349 g/mol. The summed E-state index contributed by atoms with van der Waals surface area (Å²) in [6, 6.07) is 0. The summed E-state index contributed by atoms with van der Waals surface area (Å²) in [4.78, 5) is 33.3. The molecule has 1 rings (SSSR count). The molecule has 7 heteroatoms. The van der Waals surface area contributed by atoms with E-state index in [0.717, 1.165) is 5.57 Å². The fourth-order valence-electron chi connectivity index (χ4n) is 2.04. The maximum atomic E-state index is 11.3. The van der Waals surface area contributed by atoms with Crippen molar-refractivity contribution in [2.45, 2.75) is 50.8 Å². The van der Waals surface area contributed by atoms with Gasteiger partial charge in [-0.05, 0) is 12.5 Å². The van der Waals surface area contributed by atoms with Gasteiger partial charge in [0.2, 0.25) is 0 Å². The van der Waals surface area contributed by atoms with E-state index in [4.69, 9.17) is 14.2 Å². The van der Waals surface area contributed by atoms with Crippen molar-refractivity contribution in [2.24, 2.45) is 0 Å². The number of alkyl halides is 1. The minimum Gasteiger partial charge on any atom is -0.457 e. The number of rotatable bonds is 3. The number of carbonyl (C=O) groups excluding carboxylic acids is 3. The first-order valence-electron chi connectivity index (χ1n) is 6.06. The second-order valence-electron chi connectivity index (χ2n) is 4.53. The lowest BCUT2D eigenvalue weighted by Gasteiger charge is -2.37. The second kappa shape index (κ2) is 6.88. The lowest BCUT2D eigenvalue weighted by atomic mass is 9.91. The number of hydrogen-bond donors (Lipinski definition) is 0. The molecule has 6 nitrogen and oxygen atoms in total. The molecule has 0 spiro atoms. The van der Waals surface area contributed by atoms with E-state index in [-0.39, 0.29) is 4.83 Å². The van der Waals surface area contributed by atoms with Gasteiger partial charge in [-0.2, -0.15) is 0 Å². The Morgan fingerprint density at radius 2 is 1.40 bits per heavy atom. The highest BCUT2D eigenvalue weighted by Gasteiger charge is 2.44. The second-order valence-corrected chi connectivity index (χ2v) is 5.59. The smallest absolute Gasteiger partial charge is 0.303 e. The minimum atomic E-state index is -0.880. The van der Waals surface area contributed by atoms with Crippen LogP contribution in [0.15, 0.2) is 11.6 Å². The van der Waals surface area contributed by atoms with E-state index < -0.39 is 36.2 Å². The average Bonchev–Trinajstić information content (AvgIpc) is 2.27. The van der Waals surface area contributed by atoms with Crippen molar-refractivity contribution >= 4 is 33.8 Å². The molecule has 0 aromatic rings. The molecule has 0 aromatic heterocycles. The first kappa shape index (κ1) is 16.7. The van der Waals surface area contributed by atoms with Crippen LogP contribution >= 0.6 is 15.9 Å². The van der Waals surface area contributed by atoms with Gasteiger partial charge < -0.3 is 14.2 Å². The molecule has 0 unspecified atom stereocenters. The number of esters is 3. The van der Waals surface area contributed by atoms with Crippen LogP contribution in [0.4, 0.5) is 0 Å². The van der Waals surface area contributed by atoms with E-state index in [0.29, 0.717) is 0 Å². The van der Waals surface area contributed by atoms with Gasteiger partial charge in [0, 0.05) is 20.8 Å². The number of halogens is 1. The van der Waals surface area contributed by atoms with Crippen molar-refractivity contribution in [3.63, 3.8) is 0 Å². The molecule has 1 aliphatic rings. The van der Waals surface area contributed by atoms with Gasteiger partial charge >= 0.3 is 17.9 Å². The van der Waals surface area contributed by atoms with Gasteiger partial charge in [0.05, 0.1) is 4.83 Å². The van der Waals surface area contributed by atoms with Crippen molar-refractivity contribution in [3.05, 3.63) is 11.6 Å². The molecule has 0 bridgehead atoms. The summed E-state index contributed by atoms with van der Waals surface area (Å²) < 4.78 is 15.6. The van der Waals surface area contributed by atoms with Gasteiger partial charge in [-0.3, -0.25) is 14.4 Å². The zero-order chi connectivity index (χ0) is 15.4.